The first kappa shape index (κ1) is 21.6. The highest BCUT2D eigenvalue weighted by Gasteiger charge is 2.21. The molecule has 1 aliphatic rings. The number of carbonyl (C=O) groups excluding carboxylic acids is 2. The molecule has 1 aliphatic heterocycles. The minimum Gasteiger partial charge on any atom is -0.465 e. The van der Waals surface area contributed by atoms with Gasteiger partial charge in [0.1, 0.15) is 9.88 Å². The van der Waals surface area contributed by atoms with E-state index in [1.807, 2.05) is 18.2 Å². The summed E-state index contributed by atoms with van der Waals surface area (Å²) in [7, 11) is 1.33. The van der Waals surface area contributed by atoms with Crippen molar-refractivity contribution in [2.24, 2.45) is 0 Å². The van der Waals surface area contributed by atoms with Gasteiger partial charge < -0.3 is 10.1 Å². The highest BCUT2D eigenvalue weighted by molar-refractivity contribution is 7.13. The molecule has 3 heterocycles. The molecule has 1 amide bonds. The van der Waals surface area contributed by atoms with E-state index in [1.165, 1.54) is 18.4 Å². The van der Waals surface area contributed by atoms with Crippen LogP contribution in [-0.4, -0.2) is 66.5 Å². The number of thiophene rings is 1. The van der Waals surface area contributed by atoms with Crippen molar-refractivity contribution in [1.29, 1.82) is 0 Å². The summed E-state index contributed by atoms with van der Waals surface area (Å²) < 4.78 is 4.75. The van der Waals surface area contributed by atoms with Gasteiger partial charge in [0.05, 0.1) is 25.0 Å². The van der Waals surface area contributed by atoms with Crippen LogP contribution in [0.15, 0.2) is 47.2 Å². The van der Waals surface area contributed by atoms with Crippen LogP contribution in [-0.2, 0) is 16.1 Å². The Kier molecular flexibility index (Phi) is 7.08. The first-order chi connectivity index (χ1) is 15.1. The molecule has 0 atom stereocenters. The van der Waals surface area contributed by atoms with Gasteiger partial charge in [-0.3, -0.25) is 14.6 Å². The molecule has 0 radical (unpaired) electrons. The van der Waals surface area contributed by atoms with Crippen LogP contribution in [0.3, 0.4) is 0 Å². The predicted octanol–water partition coefficient (Wildman–Crippen LogP) is 3.41. The highest BCUT2D eigenvalue weighted by Crippen LogP contribution is 2.25. The van der Waals surface area contributed by atoms with Crippen molar-refractivity contribution < 1.29 is 14.3 Å². The number of thiazole rings is 1. The Labute approximate surface area is 189 Å². The number of ether oxygens (including phenoxy) is 1. The number of esters is 1. The number of aromatic nitrogens is 1. The van der Waals surface area contributed by atoms with Crippen LogP contribution in [0.2, 0.25) is 0 Å². The molecule has 4 rings (SSSR count). The van der Waals surface area contributed by atoms with Crippen molar-refractivity contribution in [3.05, 3.63) is 57.7 Å². The molecule has 0 saturated carbocycles. The number of anilines is 1. The monoisotopic (exact) mass is 456 g/mol. The average molecular weight is 457 g/mol. The molecule has 0 aliphatic carbocycles. The Balaban J connectivity index is 1.24. The molecule has 1 fully saturated rings. The lowest BCUT2D eigenvalue weighted by Crippen LogP contribution is -2.48. The van der Waals surface area contributed by atoms with Crippen molar-refractivity contribution in [3.63, 3.8) is 0 Å². The normalized spacial score (nSPS) is 15.0. The SMILES string of the molecule is COC(=O)c1sccc1NC(=O)CN1CCN(Cc2csc(-c3ccccc3)n2)CC1. The number of benzene rings is 1. The summed E-state index contributed by atoms with van der Waals surface area (Å²) in [6, 6.07) is 12.0. The molecule has 1 saturated heterocycles. The maximum Gasteiger partial charge on any atom is 0.350 e. The molecular weight excluding hydrogens is 432 g/mol. The largest absolute Gasteiger partial charge is 0.465 e. The van der Waals surface area contributed by atoms with Gasteiger partial charge in [-0.25, -0.2) is 9.78 Å². The van der Waals surface area contributed by atoms with Gasteiger partial charge in [0.2, 0.25) is 5.91 Å². The highest BCUT2D eigenvalue weighted by atomic mass is 32.1. The first-order valence-electron chi connectivity index (χ1n) is 10.0. The fourth-order valence-electron chi connectivity index (χ4n) is 3.48. The van der Waals surface area contributed by atoms with Crippen LogP contribution in [0.5, 0.6) is 0 Å². The van der Waals surface area contributed by atoms with Gasteiger partial charge >= 0.3 is 5.97 Å². The van der Waals surface area contributed by atoms with Crippen molar-refractivity contribution in [3.8, 4) is 10.6 Å². The standard InChI is InChI=1S/C22H24N4O3S2/c1-29-22(28)20-18(7-12-30-20)24-19(27)14-26-10-8-25(9-11-26)13-17-15-31-21(23-17)16-5-3-2-4-6-16/h2-7,12,15H,8-11,13-14H2,1H3,(H,24,27). The number of nitrogens with one attached hydrogen (secondary N) is 1. The number of carbonyl (C=O) groups is 2. The van der Waals surface area contributed by atoms with Gasteiger partial charge in [-0.15, -0.1) is 22.7 Å². The van der Waals surface area contributed by atoms with Crippen molar-refractivity contribution in [1.82, 2.24) is 14.8 Å². The molecular formula is C22H24N4O3S2. The van der Waals surface area contributed by atoms with Crippen molar-refractivity contribution in [2.75, 3.05) is 45.2 Å². The van der Waals surface area contributed by atoms with Crippen LogP contribution in [0.1, 0.15) is 15.4 Å². The third-order valence-electron chi connectivity index (χ3n) is 5.10. The maximum atomic E-state index is 12.4. The van der Waals surface area contributed by atoms with Gasteiger partial charge in [-0.05, 0) is 11.4 Å². The van der Waals surface area contributed by atoms with E-state index in [9.17, 15) is 9.59 Å². The second kappa shape index (κ2) is 10.1. The lowest BCUT2D eigenvalue weighted by Gasteiger charge is -2.33. The molecule has 0 bridgehead atoms. The smallest absolute Gasteiger partial charge is 0.350 e. The van der Waals surface area contributed by atoms with E-state index in [1.54, 1.807) is 22.8 Å². The number of rotatable bonds is 7. The fraction of sp³-hybridized carbons (Fsp3) is 0.318. The van der Waals surface area contributed by atoms with Crippen LogP contribution < -0.4 is 5.32 Å². The summed E-state index contributed by atoms with van der Waals surface area (Å²) in [5, 5.41) is 7.77. The molecule has 0 spiro atoms. The second-order valence-corrected chi connectivity index (χ2v) is 9.04. The number of hydrogen-bond donors (Lipinski definition) is 1. The molecule has 0 unspecified atom stereocenters. The van der Waals surface area contributed by atoms with E-state index in [4.69, 9.17) is 9.72 Å². The number of hydrogen-bond acceptors (Lipinski definition) is 8. The van der Waals surface area contributed by atoms with E-state index in [-0.39, 0.29) is 5.91 Å². The number of nitrogens with zero attached hydrogens (tertiary/aromatic N) is 3. The fourth-order valence-corrected chi connectivity index (χ4v) is 5.06. The zero-order chi connectivity index (χ0) is 21.6. The second-order valence-electron chi connectivity index (χ2n) is 7.27. The van der Waals surface area contributed by atoms with Gasteiger partial charge in [-0.1, -0.05) is 30.3 Å². The predicted molar refractivity (Wildman–Crippen MR) is 124 cm³/mol. The van der Waals surface area contributed by atoms with Crippen molar-refractivity contribution >= 4 is 40.2 Å². The zero-order valence-corrected chi connectivity index (χ0v) is 18.9. The first-order valence-corrected chi connectivity index (χ1v) is 11.8. The quantitative estimate of drug-likeness (QED) is 0.549. The van der Waals surface area contributed by atoms with Gasteiger partial charge in [0.15, 0.2) is 0 Å². The summed E-state index contributed by atoms with van der Waals surface area (Å²) >= 11 is 2.93. The Morgan fingerprint density at radius 3 is 2.55 bits per heavy atom. The molecule has 9 heteroatoms. The van der Waals surface area contributed by atoms with Gasteiger partial charge in [0.25, 0.3) is 0 Å². The molecule has 1 aromatic carbocycles. The van der Waals surface area contributed by atoms with Crippen LogP contribution in [0.4, 0.5) is 5.69 Å². The van der Waals surface area contributed by atoms with Gasteiger partial charge in [-0.2, -0.15) is 0 Å². The van der Waals surface area contributed by atoms with Crippen LogP contribution in [0.25, 0.3) is 10.6 Å². The summed E-state index contributed by atoms with van der Waals surface area (Å²) in [4.78, 5) is 33.9. The Morgan fingerprint density at radius 2 is 1.81 bits per heavy atom. The molecule has 162 valence electrons. The zero-order valence-electron chi connectivity index (χ0n) is 17.2. The Bertz CT molecular complexity index is 1030. The number of piperazine rings is 1. The Morgan fingerprint density at radius 1 is 1.06 bits per heavy atom. The summed E-state index contributed by atoms with van der Waals surface area (Å²) in [5.74, 6) is -0.555. The van der Waals surface area contributed by atoms with E-state index in [0.717, 1.165) is 49.0 Å². The molecule has 7 nitrogen and oxygen atoms in total. The lowest BCUT2D eigenvalue weighted by molar-refractivity contribution is -0.117. The molecule has 1 N–H and O–H groups in total. The topological polar surface area (TPSA) is 74.8 Å². The van der Waals surface area contributed by atoms with E-state index >= 15 is 0 Å². The Hall–Kier alpha value is -2.59. The average Bonchev–Trinajstić information content (AvgIpc) is 3.45. The summed E-state index contributed by atoms with van der Waals surface area (Å²) in [6.45, 7) is 4.53. The number of methoxy groups -OCH3 is 1. The van der Waals surface area contributed by atoms with Gasteiger partial charge in [0, 0.05) is 43.7 Å². The number of amides is 1. The van der Waals surface area contributed by atoms with Crippen LogP contribution in [0, 0.1) is 0 Å². The maximum absolute atomic E-state index is 12.4. The minimum absolute atomic E-state index is 0.121. The summed E-state index contributed by atoms with van der Waals surface area (Å²) in [6.07, 6.45) is 0. The summed E-state index contributed by atoms with van der Waals surface area (Å²) in [5.41, 5.74) is 2.75. The minimum atomic E-state index is -0.434. The van der Waals surface area contributed by atoms with Crippen LogP contribution >= 0.6 is 22.7 Å². The van der Waals surface area contributed by atoms with E-state index in [2.05, 4.69) is 32.6 Å². The third kappa shape index (κ3) is 5.56. The van der Waals surface area contributed by atoms with E-state index < -0.39 is 5.97 Å². The molecule has 2 aromatic heterocycles. The third-order valence-corrected chi connectivity index (χ3v) is 6.93. The van der Waals surface area contributed by atoms with Crippen molar-refractivity contribution in [2.45, 2.75) is 6.54 Å². The molecule has 3 aromatic rings. The molecule has 31 heavy (non-hydrogen) atoms. The van der Waals surface area contributed by atoms with E-state index in [0.29, 0.717) is 17.1 Å². The lowest BCUT2D eigenvalue weighted by atomic mass is 10.2.